The Labute approximate surface area is 289 Å². The average Bonchev–Trinajstić information content (AvgIpc) is 3.81. The lowest BCUT2D eigenvalue weighted by Crippen LogP contribution is -2.70. The first-order valence-electron chi connectivity index (χ1n) is 15.6. The molecule has 14 nitrogen and oxygen atoms in total. The number of carboxylic acid groups (broad SMARTS) is 2. The molecule has 3 aliphatic heterocycles. The average molecular weight is 730 g/mol. The first kappa shape index (κ1) is 33.5. The molecule has 3 aromatic rings. The zero-order valence-corrected chi connectivity index (χ0v) is 27.7. The van der Waals surface area contributed by atoms with Gasteiger partial charge in [-0.1, -0.05) is 6.07 Å². The van der Waals surface area contributed by atoms with Gasteiger partial charge >= 0.3 is 18.0 Å². The van der Waals surface area contributed by atoms with Crippen LogP contribution in [0.3, 0.4) is 0 Å². The van der Waals surface area contributed by atoms with Crippen molar-refractivity contribution < 1.29 is 47.7 Å². The fourth-order valence-corrected chi connectivity index (χ4v) is 8.49. The third-order valence-corrected chi connectivity index (χ3v) is 11.3. The number of nitrogens with zero attached hydrogens (tertiary/aromatic N) is 4. The minimum absolute atomic E-state index is 0.00219. The number of amides is 3. The number of aliphatic carboxylic acids is 1. The van der Waals surface area contributed by atoms with E-state index in [1.54, 1.807) is 6.07 Å². The van der Waals surface area contributed by atoms with Crippen LogP contribution in [0.5, 0.6) is 0 Å². The van der Waals surface area contributed by atoms with Gasteiger partial charge in [0.05, 0.1) is 17.3 Å². The molecular formula is C32H29F2N5O9S2. The standard InChI is InChI=1S/C32H29F2N5O9S2/c33-20-11-18-25(38(16-3-4-16)12-19(27(18)41)30(43)44)22(34)26(20)36-5-7-37(8-6-36)32(47)48-13-15-14-50-29-23(28(42)39(29)24(15)31(45)46)35-21(40)10-17-2-1-9-49-17/h1-2,9,11-12,16,23,29H,3-8,10,13-14H2,(H,35,40)(H,43,44)(H,45,46)/t23-,29-/m1/s1. The monoisotopic (exact) mass is 729 g/mol. The summed E-state index contributed by atoms with van der Waals surface area (Å²) in [6, 6.07) is 3.36. The Bertz CT molecular complexity index is 2040. The molecule has 0 spiro atoms. The molecule has 3 N–H and O–H groups in total. The van der Waals surface area contributed by atoms with Gasteiger partial charge < -0.3 is 34.6 Å². The Morgan fingerprint density at radius 3 is 2.42 bits per heavy atom. The first-order valence-corrected chi connectivity index (χ1v) is 17.6. The number of carbonyl (C=O) groups is 5. The van der Waals surface area contributed by atoms with Crippen LogP contribution in [-0.2, 0) is 25.5 Å². The predicted molar refractivity (Wildman–Crippen MR) is 176 cm³/mol. The van der Waals surface area contributed by atoms with Gasteiger partial charge in [-0.3, -0.25) is 19.3 Å². The Morgan fingerprint density at radius 2 is 1.78 bits per heavy atom. The SMILES string of the molecule is O=C(Cc1cccs1)N[C@@H]1C(=O)N2C(C(=O)O)=C(COC(=O)N3CCN(c4c(F)cc5c(=O)c(C(=O)O)cn(C6CC6)c5c4F)CC3)CS[C@H]12. The van der Waals surface area contributed by atoms with Gasteiger partial charge in [0.25, 0.3) is 5.91 Å². The number of benzene rings is 1. The highest BCUT2D eigenvalue weighted by Crippen LogP contribution is 2.41. The smallest absolute Gasteiger partial charge is 0.410 e. The van der Waals surface area contributed by atoms with Crippen LogP contribution in [0.25, 0.3) is 10.9 Å². The van der Waals surface area contributed by atoms with Crippen molar-refractivity contribution in [3.05, 3.63) is 73.3 Å². The van der Waals surface area contributed by atoms with E-state index in [4.69, 9.17) is 4.74 Å². The fourth-order valence-electron chi connectivity index (χ4n) is 6.46. The molecular weight excluding hydrogens is 701 g/mol. The second-order valence-electron chi connectivity index (χ2n) is 12.2. The molecule has 262 valence electrons. The summed E-state index contributed by atoms with van der Waals surface area (Å²) in [5.74, 6) is -5.71. The van der Waals surface area contributed by atoms with Gasteiger partial charge in [0.2, 0.25) is 11.3 Å². The number of thioether (sulfide) groups is 1. The summed E-state index contributed by atoms with van der Waals surface area (Å²) in [7, 11) is 0. The number of carbonyl (C=O) groups excluding carboxylic acids is 3. The summed E-state index contributed by atoms with van der Waals surface area (Å²) in [5, 5.41) is 22.9. The van der Waals surface area contributed by atoms with Crippen LogP contribution in [-0.4, -0.2) is 104 Å². The largest absolute Gasteiger partial charge is 0.477 e. The van der Waals surface area contributed by atoms with Gasteiger partial charge in [-0.25, -0.2) is 23.2 Å². The molecule has 50 heavy (non-hydrogen) atoms. The van der Waals surface area contributed by atoms with Crippen molar-refractivity contribution in [2.45, 2.75) is 36.7 Å². The van der Waals surface area contributed by atoms with Crippen molar-refractivity contribution in [1.29, 1.82) is 0 Å². The Balaban J connectivity index is 1.000. The molecule has 3 fully saturated rings. The number of hydrogen-bond acceptors (Lipinski definition) is 10. The summed E-state index contributed by atoms with van der Waals surface area (Å²) in [4.78, 5) is 79.7. The first-order chi connectivity index (χ1) is 23.9. The van der Waals surface area contributed by atoms with E-state index >= 15 is 8.78 Å². The van der Waals surface area contributed by atoms with Crippen molar-refractivity contribution in [2.24, 2.45) is 0 Å². The summed E-state index contributed by atoms with van der Waals surface area (Å²) in [6.07, 6.45) is 1.71. The van der Waals surface area contributed by atoms with Crippen molar-refractivity contribution >= 4 is 69.5 Å². The molecule has 2 saturated heterocycles. The van der Waals surface area contributed by atoms with Crippen LogP contribution < -0.4 is 15.6 Å². The van der Waals surface area contributed by atoms with Crippen LogP contribution in [0.4, 0.5) is 19.3 Å². The molecule has 2 aromatic heterocycles. The zero-order valence-electron chi connectivity index (χ0n) is 26.1. The number of rotatable bonds is 9. The lowest BCUT2D eigenvalue weighted by molar-refractivity contribution is -0.150. The number of halogens is 2. The van der Waals surface area contributed by atoms with Gasteiger partial charge in [-0.05, 0) is 30.4 Å². The third-order valence-electron chi connectivity index (χ3n) is 9.06. The molecule has 7 rings (SSSR count). The number of β-lactam (4-membered cyclic amide) rings is 1. The van der Waals surface area contributed by atoms with Gasteiger partial charge in [0.15, 0.2) is 5.82 Å². The molecule has 4 aliphatic rings. The normalized spacial score (nSPS) is 20.4. The molecule has 0 radical (unpaired) electrons. The van der Waals surface area contributed by atoms with Gasteiger partial charge in [0, 0.05) is 54.6 Å². The number of ether oxygens (including phenoxy) is 1. The number of anilines is 1. The van der Waals surface area contributed by atoms with Gasteiger partial charge in [-0.2, -0.15) is 0 Å². The van der Waals surface area contributed by atoms with E-state index in [2.05, 4.69) is 5.32 Å². The fraction of sp³-hybridized carbons (Fsp3) is 0.375. The van der Waals surface area contributed by atoms with Crippen LogP contribution in [0, 0.1) is 11.6 Å². The Hall–Kier alpha value is -4.97. The quantitative estimate of drug-likeness (QED) is 0.276. The van der Waals surface area contributed by atoms with Crippen LogP contribution in [0.2, 0.25) is 0 Å². The van der Waals surface area contributed by atoms with E-state index in [0.29, 0.717) is 12.8 Å². The van der Waals surface area contributed by atoms with Crippen molar-refractivity contribution in [3.63, 3.8) is 0 Å². The number of hydrogen-bond donors (Lipinski definition) is 3. The highest BCUT2D eigenvalue weighted by Gasteiger charge is 2.54. The minimum Gasteiger partial charge on any atom is -0.477 e. The Morgan fingerprint density at radius 1 is 1.04 bits per heavy atom. The summed E-state index contributed by atoms with van der Waals surface area (Å²) in [6.45, 7) is -0.412. The number of piperazine rings is 1. The molecule has 0 unspecified atom stereocenters. The van der Waals surface area contributed by atoms with E-state index in [0.717, 1.165) is 22.0 Å². The number of carboxylic acids is 2. The lowest BCUT2D eigenvalue weighted by atomic mass is 10.0. The van der Waals surface area contributed by atoms with Crippen LogP contribution in [0.1, 0.15) is 34.1 Å². The number of fused-ring (bicyclic) bond motifs is 2. The number of aromatic nitrogens is 1. The van der Waals surface area contributed by atoms with E-state index < -0.39 is 70.3 Å². The predicted octanol–water partition coefficient (Wildman–Crippen LogP) is 2.61. The molecule has 5 heterocycles. The molecule has 0 bridgehead atoms. The van der Waals surface area contributed by atoms with Gasteiger partial charge in [-0.15, -0.1) is 23.1 Å². The van der Waals surface area contributed by atoms with Crippen LogP contribution in [0.15, 0.2) is 45.8 Å². The maximum Gasteiger partial charge on any atom is 0.410 e. The highest BCUT2D eigenvalue weighted by molar-refractivity contribution is 8.00. The number of aromatic carboxylic acids is 1. The van der Waals surface area contributed by atoms with Crippen molar-refractivity contribution in [3.8, 4) is 0 Å². The van der Waals surface area contributed by atoms with E-state index in [-0.39, 0.29) is 72.5 Å². The van der Waals surface area contributed by atoms with Crippen molar-refractivity contribution in [2.75, 3.05) is 43.4 Å². The summed E-state index contributed by atoms with van der Waals surface area (Å²) in [5.41, 5.74) is -2.23. The number of thiophene rings is 1. The molecule has 18 heteroatoms. The van der Waals surface area contributed by atoms with Crippen LogP contribution >= 0.6 is 23.1 Å². The van der Waals surface area contributed by atoms with Gasteiger partial charge in [0.1, 0.15) is 40.8 Å². The summed E-state index contributed by atoms with van der Waals surface area (Å²) < 4.78 is 38.2. The minimum atomic E-state index is -1.49. The molecule has 1 saturated carbocycles. The van der Waals surface area contributed by atoms with E-state index in [1.807, 2.05) is 11.4 Å². The number of pyridine rings is 1. The maximum atomic E-state index is 16.0. The van der Waals surface area contributed by atoms with E-state index in [1.165, 1.54) is 37.5 Å². The molecule has 1 aliphatic carbocycles. The summed E-state index contributed by atoms with van der Waals surface area (Å²) >= 11 is 2.65. The number of nitrogens with one attached hydrogen (secondary N) is 1. The van der Waals surface area contributed by atoms with E-state index in [9.17, 15) is 39.0 Å². The molecule has 3 amide bonds. The van der Waals surface area contributed by atoms with Crippen molar-refractivity contribution in [1.82, 2.24) is 19.7 Å². The zero-order chi connectivity index (χ0) is 35.4. The molecule has 2 atom stereocenters. The molecule has 1 aromatic carbocycles. The Kier molecular flexibility index (Phi) is 8.75. The lowest BCUT2D eigenvalue weighted by Gasteiger charge is -2.49. The highest BCUT2D eigenvalue weighted by atomic mass is 32.2. The second-order valence-corrected chi connectivity index (χ2v) is 14.4. The third kappa shape index (κ3) is 5.95. The topological polar surface area (TPSA) is 179 Å². The maximum absolute atomic E-state index is 16.0. The second kappa shape index (κ2) is 13.1.